The maximum atomic E-state index is 13.1. The Bertz CT molecular complexity index is 701. The van der Waals surface area contributed by atoms with Crippen molar-refractivity contribution in [2.24, 2.45) is 5.10 Å². The van der Waals surface area contributed by atoms with Gasteiger partial charge < -0.3 is 9.64 Å². The molecule has 3 rings (SSSR count). The third-order valence-corrected chi connectivity index (χ3v) is 3.38. The minimum Gasteiger partial charge on any atom is -0.378 e. The fourth-order valence-electron chi connectivity index (χ4n) is 2.27. The zero-order valence-electron chi connectivity index (χ0n) is 12.9. The van der Waals surface area contributed by atoms with Gasteiger partial charge in [-0.15, -0.1) is 0 Å². The SMILES string of the molecule is Cc1cc(N/N=C/c2cccc(F)c2)nc(N2CCOCC2)n1. The summed E-state index contributed by atoms with van der Waals surface area (Å²) in [6.45, 7) is 4.81. The normalized spacial score (nSPS) is 15.1. The lowest BCUT2D eigenvalue weighted by atomic mass is 10.2. The van der Waals surface area contributed by atoms with E-state index in [0.29, 0.717) is 30.5 Å². The number of nitrogens with one attached hydrogen (secondary N) is 1. The van der Waals surface area contributed by atoms with E-state index in [1.165, 1.54) is 12.1 Å². The first-order valence-corrected chi connectivity index (χ1v) is 7.44. The van der Waals surface area contributed by atoms with Crippen molar-refractivity contribution in [3.05, 3.63) is 47.4 Å². The van der Waals surface area contributed by atoms with E-state index in [2.05, 4.69) is 25.4 Å². The van der Waals surface area contributed by atoms with Crippen LogP contribution in [0.1, 0.15) is 11.3 Å². The van der Waals surface area contributed by atoms with Crippen molar-refractivity contribution >= 4 is 18.0 Å². The molecule has 0 atom stereocenters. The summed E-state index contributed by atoms with van der Waals surface area (Å²) in [5, 5.41) is 4.11. The van der Waals surface area contributed by atoms with E-state index in [-0.39, 0.29) is 5.82 Å². The Morgan fingerprint density at radius 1 is 1.26 bits per heavy atom. The van der Waals surface area contributed by atoms with Crippen molar-refractivity contribution in [1.82, 2.24) is 9.97 Å². The largest absolute Gasteiger partial charge is 0.378 e. The highest BCUT2D eigenvalue weighted by Gasteiger charge is 2.14. The molecule has 7 heteroatoms. The van der Waals surface area contributed by atoms with Gasteiger partial charge in [0.1, 0.15) is 5.82 Å². The van der Waals surface area contributed by atoms with Crippen LogP contribution in [0, 0.1) is 12.7 Å². The Morgan fingerprint density at radius 3 is 2.87 bits per heavy atom. The Labute approximate surface area is 134 Å². The molecule has 0 radical (unpaired) electrons. The third-order valence-electron chi connectivity index (χ3n) is 3.38. The van der Waals surface area contributed by atoms with Crippen molar-refractivity contribution in [2.75, 3.05) is 36.6 Å². The number of hydrogen-bond donors (Lipinski definition) is 1. The van der Waals surface area contributed by atoms with Crippen LogP contribution in [0.2, 0.25) is 0 Å². The number of aromatic nitrogens is 2. The van der Waals surface area contributed by atoms with Crippen LogP contribution in [0.15, 0.2) is 35.4 Å². The molecule has 0 spiro atoms. The maximum absolute atomic E-state index is 13.1. The summed E-state index contributed by atoms with van der Waals surface area (Å²) in [5.41, 5.74) is 4.40. The summed E-state index contributed by atoms with van der Waals surface area (Å²) in [7, 11) is 0. The van der Waals surface area contributed by atoms with Crippen molar-refractivity contribution in [2.45, 2.75) is 6.92 Å². The predicted octanol–water partition coefficient (Wildman–Crippen LogP) is 2.21. The number of rotatable bonds is 4. The highest BCUT2D eigenvalue weighted by molar-refractivity contribution is 5.80. The summed E-state index contributed by atoms with van der Waals surface area (Å²) in [6, 6.07) is 8.04. The van der Waals surface area contributed by atoms with E-state index in [9.17, 15) is 4.39 Å². The van der Waals surface area contributed by atoms with E-state index >= 15 is 0 Å². The molecule has 1 fully saturated rings. The molecule has 1 aliphatic rings. The number of hydrogen-bond acceptors (Lipinski definition) is 6. The van der Waals surface area contributed by atoms with Gasteiger partial charge in [-0.2, -0.15) is 10.1 Å². The van der Waals surface area contributed by atoms with E-state index in [4.69, 9.17) is 4.74 Å². The van der Waals surface area contributed by atoms with Crippen LogP contribution in [0.25, 0.3) is 0 Å². The average molecular weight is 315 g/mol. The first kappa shape index (κ1) is 15.4. The molecule has 1 N–H and O–H groups in total. The van der Waals surface area contributed by atoms with Crippen LogP contribution < -0.4 is 10.3 Å². The van der Waals surface area contributed by atoms with Crippen LogP contribution in [0.4, 0.5) is 16.2 Å². The number of benzene rings is 1. The zero-order valence-corrected chi connectivity index (χ0v) is 12.9. The monoisotopic (exact) mass is 315 g/mol. The van der Waals surface area contributed by atoms with Crippen LogP contribution in [0.5, 0.6) is 0 Å². The highest BCUT2D eigenvalue weighted by atomic mass is 19.1. The molecule has 0 unspecified atom stereocenters. The molecular formula is C16H18FN5O. The molecular weight excluding hydrogens is 297 g/mol. The minimum absolute atomic E-state index is 0.290. The van der Waals surface area contributed by atoms with Crippen molar-refractivity contribution < 1.29 is 9.13 Å². The van der Waals surface area contributed by atoms with Gasteiger partial charge in [0.25, 0.3) is 0 Å². The van der Waals surface area contributed by atoms with E-state index in [0.717, 1.165) is 18.8 Å². The standard InChI is InChI=1S/C16H18FN5O/c1-12-9-15(20-16(19-12)22-5-7-23-8-6-22)21-18-11-13-3-2-4-14(17)10-13/h2-4,9-11H,5-8H2,1H3,(H,19,20,21)/b18-11+. The molecule has 1 aliphatic heterocycles. The summed E-state index contributed by atoms with van der Waals surface area (Å²) < 4.78 is 18.4. The summed E-state index contributed by atoms with van der Waals surface area (Å²) in [6.07, 6.45) is 1.55. The molecule has 0 saturated carbocycles. The molecule has 1 saturated heterocycles. The summed E-state index contributed by atoms with van der Waals surface area (Å²) in [4.78, 5) is 11.0. The quantitative estimate of drug-likeness (QED) is 0.692. The summed E-state index contributed by atoms with van der Waals surface area (Å²) >= 11 is 0. The fraction of sp³-hybridized carbons (Fsp3) is 0.312. The van der Waals surface area contributed by atoms with Crippen molar-refractivity contribution in [3.8, 4) is 0 Å². The van der Waals surface area contributed by atoms with E-state index in [1.54, 1.807) is 18.3 Å². The third kappa shape index (κ3) is 4.23. The van der Waals surface area contributed by atoms with Gasteiger partial charge >= 0.3 is 0 Å². The second-order valence-corrected chi connectivity index (χ2v) is 5.22. The predicted molar refractivity (Wildman–Crippen MR) is 87.4 cm³/mol. The van der Waals surface area contributed by atoms with Gasteiger partial charge in [0.05, 0.1) is 19.4 Å². The topological polar surface area (TPSA) is 62.6 Å². The van der Waals surface area contributed by atoms with Crippen LogP contribution in [0.3, 0.4) is 0 Å². The minimum atomic E-state index is -0.290. The van der Waals surface area contributed by atoms with Gasteiger partial charge in [0, 0.05) is 24.8 Å². The Hall–Kier alpha value is -2.54. The molecule has 2 aromatic rings. The second kappa shape index (κ2) is 7.15. The lowest BCUT2D eigenvalue weighted by Crippen LogP contribution is -2.37. The molecule has 2 heterocycles. The van der Waals surface area contributed by atoms with Crippen molar-refractivity contribution in [1.29, 1.82) is 0 Å². The average Bonchev–Trinajstić information content (AvgIpc) is 2.55. The van der Waals surface area contributed by atoms with Crippen LogP contribution >= 0.6 is 0 Å². The first-order chi connectivity index (χ1) is 11.2. The zero-order chi connectivity index (χ0) is 16.1. The van der Waals surface area contributed by atoms with Gasteiger partial charge in [-0.25, -0.2) is 9.37 Å². The van der Waals surface area contributed by atoms with E-state index < -0.39 is 0 Å². The molecule has 1 aromatic carbocycles. The van der Waals surface area contributed by atoms with Gasteiger partial charge in [0.2, 0.25) is 5.95 Å². The van der Waals surface area contributed by atoms with Gasteiger partial charge in [-0.1, -0.05) is 12.1 Å². The van der Waals surface area contributed by atoms with Gasteiger partial charge in [0.15, 0.2) is 5.82 Å². The van der Waals surface area contributed by atoms with Crippen LogP contribution in [-0.2, 0) is 4.74 Å². The number of anilines is 2. The van der Waals surface area contributed by atoms with E-state index in [1.807, 2.05) is 13.0 Å². The number of morpholine rings is 1. The Balaban J connectivity index is 1.71. The number of aryl methyl sites for hydroxylation is 1. The van der Waals surface area contributed by atoms with Gasteiger partial charge in [-0.05, 0) is 24.6 Å². The second-order valence-electron chi connectivity index (χ2n) is 5.22. The lowest BCUT2D eigenvalue weighted by Gasteiger charge is -2.27. The number of halogens is 1. The molecule has 0 bridgehead atoms. The Kier molecular flexibility index (Phi) is 4.77. The maximum Gasteiger partial charge on any atom is 0.227 e. The molecule has 23 heavy (non-hydrogen) atoms. The highest BCUT2D eigenvalue weighted by Crippen LogP contribution is 2.15. The smallest absolute Gasteiger partial charge is 0.227 e. The number of hydrazone groups is 1. The lowest BCUT2D eigenvalue weighted by molar-refractivity contribution is 0.122. The number of ether oxygens (including phenoxy) is 1. The van der Waals surface area contributed by atoms with Crippen molar-refractivity contribution in [3.63, 3.8) is 0 Å². The molecule has 0 amide bonds. The fourth-order valence-corrected chi connectivity index (χ4v) is 2.27. The van der Waals surface area contributed by atoms with Crippen LogP contribution in [-0.4, -0.2) is 42.5 Å². The molecule has 6 nitrogen and oxygen atoms in total. The summed E-state index contributed by atoms with van der Waals surface area (Å²) in [5.74, 6) is 0.977. The van der Waals surface area contributed by atoms with Gasteiger partial charge in [-0.3, -0.25) is 5.43 Å². The number of nitrogens with zero attached hydrogens (tertiary/aromatic N) is 4. The molecule has 1 aromatic heterocycles. The first-order valence-electron chi connectivity index (χ1n) is 7.44. The Morgan fingerprint density at radius 2 is 2.09 bits per heavy atom. The molecule has 120 valence electrons. The molecule has 0 aliphatic carbocycles.